The van der Waals surface area contributed by atoms with Gasteiger partial charge in [-0.3, -0.25) is 0 Å². The summed E-state index contributed by atoms with van der Waals surface area (Å²) in [6, 6.07) is 14.7. The van der Waals surface area contributed by atoms with Crippen LogP contribution >= 0.6 is 11.8 Å². The second-order valence-corrected chi connectivity index (χ2v) is 8.30. The molecule has 130 valence electrons. The van der Waals surface area contributed by atoms with E-state index in [1.807, 2.05) is 19.1 Å². The molecule has 2 aromatic carbocycles. The van der Waals surface area contributed by atoms with Gasteiger partial charge in [0.2, 0.25) is 5.89 Å². The first-order valence-corrected chi connectivity index (χ1v) is 9.07. The minimum Gasteiger partial charge on any atom is -0.411 e. The molecule has 0 fully saturated rings. The van der Waals surface area contributed by atoms with Gasteiger partial charge in [0.05, 0.1) is 0 Å². The summed E-state index contributed by atoms with van der Waals surface area (Å²) < 4.78 is 18.8. The molecular weight excluding hydrogens is 335 g/mol. The molecule has 3 nitrogen and oxygen atoms in total. The van der Waals surface area contributed by atoms with E-state index >= 15 is 0 Å². The minimum atomic E-state index is -0.236. The molecule has 0 aliphatic rings. The van der Waals surface area contributed by atoms with E-state index in [9.17, 15) is 4.39 Å². The van der Waals surface area contributed by atoms with Crippen LogP contribution in [0.15, 0.2) is 58.2 Å². The first-order chi connectivity index (χ1) is 11.8. The van der Waals surface area contributed by atoms with Gasteiger partial charge in [-0.05, 0) is 47.7 Å². The van der Waals surface area contributed by atoms with Crippen LogP contribution in [0.25, 0.3) is 11.5 Å². The Balaban J connectivity index is 1.73. The second-order valence-electron chi connectivity index (χ2n) is 7.01. The molecule has 25 heavy (non-hydrogen) atoms. The number of nitrogens with zero attached hydrogens (tertiary/aromatic N) is 2. The molecule has 0 radical (unpaired) electrons. The van der Waals surface area contributed by atoms with E-state index in [0.717, 1.165) is 11.1 Å². The van der Waals surface area contributed by atoms with E-state index < -0.39 is 0 Å². The Morgan fingerprint density at radius 2 is 1.60 bits per heavy atom. The van der Waals surface area contributed by atoms with Crippen LogP contribution in [0.1, 0.15) is 44.1 Å². The largest absolute Gasteiger partial charge is 0.411 e. The number of aromatic nitrogens is 2. The standard InChI is InChI=1S/C20H21FN2OS/c1-13(14-7-11-17(21)12-8-14)25-19-23-22-18(24-19)15-5-9-16(10-6-15)20(2,3)4/h5-13H,1-4H3/t13-/m0/s1. The van der Waals surface area contributed by atoms with E-state index in [-0.39, 0.29) is 16.5 Å². The zero-order chi connectivity index (χ0) is 18.0. The van der Waals surface area contributed by atoms with E-state index in [4.69, 9.17) is 4.42 Å². The van der Waals surface area contributed by atoms with E-state index in [1.54, 1.807) is 12.1 Å². The molecule has 0 unspecified atom stereocenters. The summed E-state index contributed by atoms with van der Waals surface area (Å²) in [5, 5.41) is 8.86. The minimum absolute atomic E-state index is 0.0946. The van der Waals surface area contributed by atoms with Gasteiger partial charge in [0, 0.05) is 10.8 Å². The van der Waals surface area contributed by atoms with Crippen molar-refractivity contribution in [2.45, 2.75) is 43.6 Å². The molecule has 0 saturated heterocycles. The van der Waals surface area contributed by atoms with Crippen LogP contribution in [-0.2, 0) is 5.41 Å². The highest BCUT2D eigenvalue weighted by molar-refractivity contribution is 7.99. The topological polar surface area (TPSA) is 38.9 Å². The number of benzene rings is 2. The smallest absolute Gasteiger partial charge is 0.277 e. The lowest BCUT2D eigenvalue weighted by Gasteiger charge is -2.18. The van der Waals surface area contributed by atoms with Gasteiger partial charge in [0.1, 0.15) is 5.82 Å². The summed E-state index contributed by atoms with van der Waals surface area (Å²) in [5.74, 6) is 0.272. The molecule has 0 aliphatic heterocycles. The fourth-order valence-corrected chi connectivity index (χ4v) is 3.25. The molecule has 0 aliphatic carbocycles. The van der Waals surface area contributed by atoms with Crippen LogP contribution in [0.4, 0.5) is 4.39 Å². The van der Waals surface area contributed by atoms with Crippen molar-refractivity contribution in [2.24, 2.45) is 0 Å². The zero-order valence-corrected chi connectivity index (χ0v) is 15.6. The van der Waals surface area contributed by atoms with Gasteiger partial charge in [-0.15, -0.1) is 10.2 Å². The van der Waals surface area contributed by atoms with Gasteiger partial charge in [0.15, 0.2) is 0 Å². The Morgan fingerprint density at radius 1 is 0.960 bits per heavy atom. The Kier molecular flexibility index (Phi) is 4.95. The number of thioether (sulfide) groups is 1. The number of hydrogen-bond donors (Lipinski definition) is 0. The molecule has 5 heteroatoms. The quantitative estimate of drug-likeness (QED) is 0.535. The predicted octanol–water partition coefficient (Wildman–Crippen LogP) is 6.03. The van der Waals surface area contributed by atoms with Gasteiger partial charge >= 0.3 is 0 Å². The normalized spacial score (nSPS) is 13.0. The summed E-state index contributed by atoms with van der Waals surface area (Å²) in [6.07, 6.45) is 0. The number of rotatable bonds is 4. The monoisotopic (exact) mass is 356 g/mol. The van der Waals surface area contributed by atoms with Gasteiger partial charge < -0.3 is 4.42 Å². The first kappa shape index (κ1) is 17.7. The summed E-state index contributed by atoms with van der Waals surface area (Å²) >= 11 is 1.46. The lowest BCUT2D eigenvalue weighted by molar-refractivity contribution is 0.465. The highest BCUT2D eigenvalue weighted by Crippen LogP contribution is 2.35. The average molecular weight is 356 g/mol. The van der Waals surface area contributed by atoms with Crippen molar-refractivity contribution in [1.29, 1.82) is 0 Å². The van der Waals surface area contributed by atoms with E-state index in [2.05, 4.69) is 43.1 Å². The van der Waals surface area contributed by atoms with Crippen LogP contribution in [0, 0.1) is 5.82 Å². The van der Waals surface area contributed by atoms with Crippen molar-refractivity contribution < 1.29 is 8.81 Å². The molecular formula is C20H21FN2OS. The van der Waals surface area contributed by atoms with Crippen LogP contribution < -0.4 is 0 Å². The summed E-state index contributed by atoms with van der Waals surface area (Å²) in [7, 11) is 0. The Morgan fingerprint density at radius 3 is 2.20 bits per heavy atom. The molecule has 3 aromatic rings. The van der Waals surface area contributed by atoms with Gasteiger partial charge in [0.25, 0.3) is 5.22 Å². The highest BCUT2D eigenvalue weighted by Gasteiger charge is 2.16. The van der Waals surface area contributed by atoms with Crippen LogP contribution in [0.3, 0.4) is 0 Å². The average Bonchev–Trinajstić information content (AvgIpc) is 3.03. The van der Waals surface area contributed by atoms with Crippen LogP contribution in [0.5, 0.6) is 0 Å². The zero-order valence-electron chi connectivity index (χ0n) is 14.8. The lowest BCUT2D eigenvalue weighted by atomic mass is 9.87. The molecule has 0 amide bonds. The van der Waals surface area contributed by atoms with Crippen molar-refractivity contribution in [3.8, 4) is 11.5 Å². The van der Waals surface area contributed by atoms with Gasteiger partial charge in [-0.2, -0.15) is 0 Å². The summed E-state index contributed by atoms with van der Waals surface area (Å²) in [5.41, 5.74) is 3.29. The van der Waals surface area contributed by atoms with Crippen molar-refractivity contribution in [1.82, 2.24) is 10.2 Å². The Labute approximate surface area is 151 Å². The molecule has 1 atom stereocenters. The van der Waals surface area contributed by atoms with Gasteiger partial charge in [-0.25, -0.2) is 4.39 Å². The molecule has 1 heterocycles. The van der Waals surface area contributed by atoms with Crippen molar-refractivity contribution in [3.63, 3.8) is 0 Å². The second kappa shape index (κ2) is 7.00. The maximum Gasteiger partial charge on any atom is 0.277 e. The molecule has 1 aromatic heterocycles. The third-order valence-electron chi connectivity index (χ3n) is 4.02. The van der Waals surface area contributed by atoms with E-state index in [1.165, 1.54) is 29.5 Å². The van der Waals surface area contributed by atoms with Crippen LogP contribution in [0.2, 0.25) is 0 Å². The predicted molar refractivity (Wildman–Crippen MR) is 99.1 cm³/mol. The van der Waals surface area contributed by atoms with Crippen molar-refractivity contribution >= 4 is 11.8 Å². The molecule has 3 rings (SSSR count). The lowest BCUT2D eigenvalue weighted by Crippen LogP contribution is -2.10. The third kappa shape index (κ3) is 4.28. The highest BCUT2D eigenvalue weighted by atomic mass is 32.2. The summed E-state index contributed by atoms with van der Waals surface area (Å²) in [6.45, 7) is 8.57. The van der Waals surface area contributed by atoms with Gasteiger partial charge in [-0.1, -0.05) is 56.8 Å². The molecule has 0 saturated carbocycles. The molecule has 0 N–H and O–H groups in total. The fourth-order valence-electron chi connectivity index (χ4n) is 2.44. The Bertz CT molecular complexity index is 835. The Hall–Kier alpha value is -2.14. The van der Waals surface area contributed by atoms with E-state index in [0.29, 0.717) is 11.1 Å². The SMILES string of the molecule is C[C@H](Sc1nnc(-c2ccc(C(C)(C)C)cc2)o1)c1ccc(F)cc1. The fraction of sp³-hybridized carbons (Fsp3) is 0.300. The number of hydrogen-bond acceptors (Lipinski definition) is 4. The number of halogens is 1. The maximum absolute atomic E-state index is 13.0. The van der Waals surface area contributed by atoms with Crippen LogP contribution in [-0.4, -0.2) is 10.2 Å². The third-order valence-corrected chi connectivity index (χ3v) is 5.01. The first-order valence-electron chi connectivity index (χ1n) is 8.19. The molecule has 0 spiro atoms. The van der Waals surface area contributed by atoms with Crippen molar-refractivity contribution in [3.05, 3.63) is 65.5 Å². The van der Waals surface area contributed by atoms with Crippen molar-refractivity contribution in [2.75, 3.05) is 0 Å². The molecule has 0 bridgehead atoms. The summed E-state index contributed by atoms with van der Waals surface area (Å²) in [4.78, 5) is 0. The maximum atomic E-state index is 13.0.